The quantitative estimate of drug-likeness (QED) is 0.641. The molecule has 1 heterocycles. The van der Waals surface area contributed by atoms with Crippen molar-refractivity contribution in [3.8, 4) is 0 Å². The van der Waals surface area contributed by atoms with E-state index in [1.807, 2.05) is 0 Å². The smallest absolute Gasteiger partial charge is 0.257 e. The number of halogens is 1. The molecule has 0 aliphatic carbocycles. The normalized spacial score (nSPS) is 21.8. The Morgan fingerprint density at radius 3 is 2.92 bits per heavy atom. The van der Waals surface area contributed by atoms with Gasteiger partial charge in [0, 0.05) is 13.0 Å². The van der Waals surface area contributed by atoms with Crippen molar-refractivity contribution in [1.29, 1.82) is 0 Å². The molecule has 1 fully saturated rings. The molecule has 1 aliphatic heterocycles. The second-order valence-electron chi connectivity index (χ2n) is 2.64. The first kappa shape index (κ1) is 12.6. The zero-order chi connectivity index (χ0) is 8.81. The third kappa shape index (κ3) is 5.05. The summed E-state index contributed by atoms with van der Waals surface area (Å²) in [5.74, 6) is -0.329. The Balaban J connectivity index is 0.00000144. The summed E-state index contributed by atoms with van der Waals surface area (Å²) in [6.07, 6.45) is 2.66. The number of carbonyl (C=O) groups excluding carboxylic acids is 1. The van der Waals surface area contributed by atoms with Gasteiger partial charge in [-0.3, -0.25) is 4.79 Å². The maximum absolute atomic E-state index is 10.6. The maximum Gasteiger partial charge on any atom is 0.257 e. The van der Waals surface area contributed by atoms with E-state index in [1.54, 1.807) is 0 Å². The van der Waals surface area contributed by atoms with Crippen molar-refractivity contribution < 1.29 is 14.4 Å². The highest BCUT2D eigenvalue weighted by Crippen LogP contribution is 2.12. The first-order valence-corrected chi connectivity index (χ1v) is 4.09. The SMILES string of the molecule is Cl.NCC(=O)NOC1CCCCO1. The molecule has 0 radical (unpaired) electrons. The Morgan fingerprint density at radius 2 is 2.38 bits per heavy atom. The van der Waals surface area contributed by atoms with Crippen molar-refractivity contribution in [2.24, 2.45) is 5.73 Å². The van der Waals surface area contributed by atoms with Crippen molar-refractivity contribution in [1.82, 2.24) is 5.48 Å². The lowest BCUT2D eigenvalue weighted by Gasteiger charge is -2.21. The van der Waals surface area contributed by atoms with E-state index in [1.165, 1.54) is 0 Å². The Hall–Kier alpha value is -0.360. The minimum atomic E-state index is -0.329. The molecule has 0 bridgehead atoms. The number of rotatable bonds is 3. The van der Waals surface area contributed by atoms with Crippen LogP contribution in [-0.2, 0) is 14.4 Å². The molecule has 6 heteroatoms. The van der Waals surface area contributed by atoms with Crippen molar-refractivity contribution in [3.63, 3.8) is 0 Å². The van der Waals surface area contributed by atoms with Crippen LogP contribution in [0.4, 0.5) is 0 Å². The van der Waals surface area contributed by atoms with Crippen molar-refractivity contribution in [2.45, 2.75) is 25.6 Å². The zero-order valence-electron chi connectivity index (χ0n) is 7.32. The van der Waals surface area contributed by atoms with E-state index in [0.29, 0.717) is 6.61 Å². The van der Waals surface area contributed by atoms with Crippen LogP contribution in [0.15, 0.2) is 0 Å². The van der Waals surface area contributed by atoms with Crippen LogP contribution in [0.5, 0.6) is 0 Å². The minimum absolute atomic E-state index is 0. The van der Waals surface area contributed by atoms with Gasteiger partial charge in [0.15, 0.2) is 6.29 Å². The summed E-state index contributed by atoms with van der Waals surface area (Å²) in [7, 11) is 0. The molecule has 1 saturated heterocycles. The fourth-order valence-electron chi connectivity index (χ4n) is 0.977. The molecule has 1 rings (SSSR count). The van der Waals surface area contributed by atoms with Crippen LogP contribution in [0.3, 0.4) is 0 Å². The first-order valence-electron chi connectivity index (χ1n) is 4.09. The van der Waals surface area contributed by atoms with Gasteiger partial charge >= 0.3 is 0 Å². The summed E-state index contributed by atoms with van der Waals surface area (Å²) in [5.41, 5.74) is 7.27. The van der Waals surface area contributed by atoms with E-state index in [0.717, 1.165) is 19.3 Å². The van der Waals surface area contributed by atoms with Crippen molar-refractivity contribution in [2.75, 3.05) is 13.2 Å². The minimum Gasteiger partial charge on any atom is -0.350 e. The van der Waals surface area contributed by atoms with E-state index in [-0.39, 0.29) is 31.1 Å². The number of nitrogens with two attached hydrogens (primary N) is 1. The molecule has 1 amide bonds. The van der Waals surface area contributed by atoms with Gasteiger partial charge in [-0.1, -0.05) is 0 Å². The number of hydrogen-bond acceptors (Lipinski definition) is 4. The predicted octanol–water partition coefficient (Wildman–Crippen LogP) is -0.0587. The molecule has 1 unspecified atom stereocenters. The van der Waals surface area contributed by atoms with Crippen LogP contribution in [0.1, 0.15) is 19.3 Å². The summed E-state index contributed by atoms with van der Waals surface area (Å²) < 4.78 is 5.20. The van der Waals surface area contributed by atoms with Gasteiger partial charge in [-0.25, -0.2) is 10.3 Å². The molecule has 3 N–H and O–H groups in total. The Bertz CT molecular complexity index is 151. The topological polar surface area (TPSA) is 73.6 Å². The molecule has 0 aromatic heterocycles. The third-order valence-corrected chi connectivity index (χ3v) is 1.63. The standard InChI is InChI=1S/C7H14N2O3.ClH/c8-5-6(10)9-12-7-3-1-2-4-11-7;/h7H,1-5,8H2,(H,9,10);1H. The van der Waals surface area contributed by atoms with Gasteiger partial charge in [0.2, 0.25) is 0 Å². The molecule has 78 valence electrons. The van der Waals surface area contributed by atoms with Gasteiger partial charge in [-0.15, -0.1) is 12.4 Å². The summed E-state index contributed by atoms with van der Waals surface area (Å²) >= 11 is 0. The molecule has 1 atom stereocenters. The van der Waals surface area contributed by atoms with E-state index in [2.05, 4.69) is 5.48 Å². The Labute approximate surface area is 83.3 Å². The van der Waals surface area contributed by atoms with Gasteiger partial charge in [-0.2, -0.15) is 0 Å². The fraction of sp³-hybridized carbons (Fsp3) is 0.857. The van der Waals surface area contributed by atoms with Crippen molar-refractivity contribution in [3.05, 3.63) is 0 Å². The number of amides is 1. The molecule has 0 aromatic carbocycles. The Kier molecular flexibility index (Phi) is 6.89. The number of hydrogen-bond donors (Lipinski definition) is 2. The molecule has 1 aliphatic rings. The number of hydroxylamine groups is 1. The van der Waals surface area contributed by atoms with Gasteiger partial charge in [0.1, 0.15) is 0 Å². The van der Waals surface area contributed by atoms with Crippen LogP contribution in [-0.4, -0.2) is 25.3 Å². The molecule has 5 nitrogen and oxygen atoms in total. The largest absolute Gasteiger partial charge is 0.350 e. The van der Waals surface area contributed by atoms with Gasteiger partial charge < -0.3 is 10.5 Å². The van der Waals surface area contributed by atoms with Gasteiger partial charge in [0.05, 0.1) is 6.54 Å². The summed E-state index contributed by atoms with van der Waals surface area (Å²) in [6.45, 7) is 0.635. The number of carbonyl (C=O) groups is 1. The molecule has 13 heavy (non-hydrogen) atoms. The predicted molar refractivity (Wildman–Crippen MR) is 49.1 cm³/mol. The van der Waals surface area contributed by atoms with E-state index in [9.17, 15) is 4.79 Å². The second-order valence-corrected chi connectivity index (χ2v) is 2.64. The molecular weight excluding hydrogens is 196 g/mol. The van der Waals surface area contributed by atoms with Crippen LogP contribution < -0.4 is 11.2 Å². The van der Waals surface area contributed by atoms with E-state index >= 15 is 0 Å². The highest BCUT2D eigenvalue weighted by atomic mass is 35.5. The highest BCUT2D eigenvalue weighted by molar-refractivity contribution is 5.85. The highest BCUT2D eigenvalue weighted by Gasteiger charge is 2.14. The number of nitrogens with one attached hydrogen (secondary N) is 1. The monoisotopic (exact) mass is 210 g/mol. The van der Waals surface area contributed by atoms with Crippen molar-refractivity contribution >= 4 is 18.3 Å². The van der Waals surface area contributed by atoms with Gasteiger partial charge in [-0.05, 0) is 12.8 Å². The zero-order valence-corrected chi connectivity index (χ0v) is 8.14. The summed E-state index contributed by atoms with van der Waals surface area (Å²) in [5, 5.41) is 0. The van der Waals surface area contributed by atoms with Crippen LogP contribution >= 0.6 is 12.4 Å². The van der Waals surface area contributed by atoms with Crippen LogP contribution in [0.25, 0.3) is 0 Å². The van der Waals surface area contributed by atoms with E-state index < -0.39 is 0 Å². The maximum atomic E-state index is 10.6. The van der Waals surface area contributed by atoms with E-state index in [4.69, 9.17) is 15.3 Å². The average Bonchev–Trinajstić information content (AvgIpc) is 2.16. The molecular formula is C7H15ClN2O3. The fourth-order valence-corrected chi connectivity index (χ4v) is 0.977. The molecule has 0 saturated carbocycles. The van der Waals surface area contributed by atoms with Crippen LogP contribution in [0.2, 0.25) is 0 Å². The lowest BCUT2D eigenvalue weighted by molar-refractivity contribution is -0.199. The summed E-state index contributed by atoms with van der Waals surface area (Å²) in [6, 6.07) is 0. The second kappa shape index (κ2) is 7.08. The molecule has 0 spiro atoms. The summed E-state index contributed by atoms with van der Waals surface area (Å²) in [4.78, 5) is 15.6. The Morgan fingerprint density at radius 1 is 1.62 bits per heavy atom. The van der Waals surface area contributed by atoms with Crippen LogP contribution in [0, 0.1) is 0 Å². The lowest BCUT2D eigenvalue weighted by Crippen LogP contribution is -2.36. The third-order valence-electron chi connectivity index (χ3n) is 1.63. The lowest BCUT2D eigenvalue weighted by atomic mass is 10.2. The first-order chi connectivity index (χ1) is 5.83. The number of ether oxygens (including phenoxy) is 1. The molecule has 0 aromatic rings. The average molecular weight is 211 g/mol. The van der Waals surface area contributed by atoms with Gasteiger partial charge in [0.25, 0.3) is 5.91 Å².